The number of likely N-dealkylation sites (tertiary alicyclic amines) is 1. The molecular weight excluding hydrogens is 408 g/mol. The molecule has 0 bridgehead atoms. The van der Waals surface area contributed by atoms with Crippen molar-refractivity contribution in [3.8, 4) is 11.5 Å². The highest BCUT2D eigenvalue weighted by atomic mass is 16.6. The number of amides is 1. The predicted octanol–water partition coefficient (Wildman–Crippen LogP) is 2.79. The highest BCUT2D eigenvalue weighted by Crippen LogP contribution is 2.32. The molecule has 2 aliphatic rings. The van der Waals surface area contributed by atoms with E-state index in [2.05, 4.69) is 27.4 Å². The van der Waals surface area contributed by atoms with Gasteiger partial charge >= 0.3 is 0 Å². The molecule has 1 aromatic heterocycles. The van der Waals surface area contributed by atoms with Crippen molar-refractivity contribution < 1.29 is 19.4 Å². The van der Waals surface area contributed by atoms with Gasteiger partial charge in [0.2, 0.25) is 5.91 Å². The summed E-state index contributed by atoms with van der Waals surface area (Å²) in [4.78, 5) is 13.6. The fourth-order valence-corrected chi connectivity index (χ4v) is 4.50. The van der Waals surface area contributed by atoms with Crippen LogP contribution in [-0.2, 0) is 17.9 Å². The molecule has 0 spiro atoms. The number of nitrogens with zero attached hydrogens (tertiary/aromatic N) is 3. The van der Waals surface area contributed by atoms with Crippen LogP contribution in [0.1, 0.15) is 25.3 Å². The molecule has 0 atom stereocenters. The van der Waals surface area contributed by atoms with Crippen molar-refractivity contribution >= 4 is 22.5 Å². The topological polar surface area (TPSA) is 88.9 Å². The van der Waals surface area contributed by atoms with Crippen LogP contribution in [0.5, 0.6) is 11.5 Å². The maximum atomic E-state index is 11.3. The third-order valence-electron chi connectivity index (χ3n) is 6.21. The first-order chi connectivity index (χ1) is 15.5. The molecule has 0 aliphatic carbocycles. The number of benzene rings is 2. The number of hydrogen-bond acceptors (Lipinski definition) is 6. The van der Waals surface area contributed by atoms with Gasteiger partial charge in [-0.05, 0) is 48.7 Å². The summed E-state index contributed by atoms with van der Waals surface area (Å²) in [5, 5.41) is 19.5. The quantitative estimate of drug-likeness (QED) is 0.640. The Labute approximate surface area is 186 Å². The number of ether oxygens (including phenoxy) is 2. The van der Waals surface area contributed by atoms with E-state index in [0.717, 1.165) is 47.7 Å². The van der Waals surface area contributed by atoms with Gasteiger partial charge in [0.15, 0.2) is 11.5 Å². The maximum Gasteiger partial charge on any atom is 0.221 e. The smallest absolute Gasteiger partial charge is 0.221 e. The summed E-state index contributed by atoms with van der Waals surface area (Å²) in [5.74, 6) is 1.52. The molecule has 32 heavy (non-hydrogen) atoms. The Kier molecular flexibility index (Phi) is 5.48. The van der Waals surface area contributed by atoms with Crippen LogP contribution >= 0.6 is 0 Å². The summed E-state index contributed by atoms with van der Waals surface area (Å²) < 4.78 is 13.2. The van der Waals surface area contributed by atoms with Crippen molar-refractivity contribution in [2.45, 2.75) is 38.5 Å². The molecule has 168 valence electrons. The van der Waals surface area contributed by atoms with Crippen molar-refractivity contribution in [1.29, 1.82) is 0 Å². The first-order valence-corrected chi connectivity index (χ1v) is 11.0. The Morgan fingerprint density at radius 1 is 1.12 bits per heavy atom. The van der Waals surface area contributed by atoms with E-state index < -0.39 is 5.60 Å². The fourth-order valence-electron chi connectivity index (χ4n) is 4.50. The van der Waals surface area contributed by atoms with Gasteiger partial charge in [0.1, 0.15) is 13.2 Å². The minimum absolute atomic E-state index is 0.103. The summed E-state index contributed by atoms with van der Waals surface area (Å²) in [5.41, 5.74) is 2.09. The Morgan fingerprint density at radius 3 is 2.69 bits per heavy atom. The van der Waals surface area contributed by atoms with Crippen LogP contribution in [0, 0.1) is 0 Å². The standard InChI is InChI=1S/C24H28N4O4/c1-17(29)26-20-3-4-21-19(13-20)14-25-28(21)16-24(30)6-8-27(9-7-24)15-18-2-5-22-23(12-18)32-11-10-31-22/h2-5,12-14,30H,6-11,15-16H2,1H3,(H,26,29). The monoisotopic (exact) mass is 436 g/mol. The second kappa shape index (κ2) is 8.44. The largest absolute Gasteiger partial charge is 0.486 e. The fraction of sp³-hybridized carbons (Fsp3) is 0.417. The number of piperidine rings is 1. The van der Waals surface area contributed by atoms with Crippen LogP contribution in [0.4, 0.5) is 5.69 Å². The van der Waals surface area contributed by atoms with Gasteiger partial charge < -0.3 is 19.9 Å². The number of anilines is 1. The Bertz CT molecular complexity index is 1130. The molecule has 0 radical (unpaired) electrons. The summed E-state index contributed by atoms with van der Waals surface area (Å²) in [6, 6.07) is 11.8. The highest BCUT2D eigenvalue weighted by Gasteiger charge is 2.33. The summed E-state index contributed by atoms with van der Waals surface area (Å²) in [6.07, 6.45) is 3.15. The second-order valence-electron chi connectivity index (χ2n) is 8.74. The molecule has 2 N–H and O–H groups in total. The molecule has 0 saturated carbocycles. The normalized spacial score (nSPS) is 17.9. The van der Waals surface area contributed by atoms with Crippen molar-refractivity contribution in [1.82, 2.24) is 14.7 Å². The van der Waals surface area contributed by atoms with E-state index in [-0.39, 0.29) is 5.91 Å². The first-order valence-electron chi connectivity index (χ1n) is 11.0. The van der Waals surface area contributed by atoms with E-state index in [4.69, 9.17) is 9.47 Å². The van der Waals surface area contributed by atoms with Gasteiger partial charge in [0, 0.05) is 37.6 Å². The minimum atomic E-state index is -0.793. The maximum absolute atomic E-state index is 11.3. The molecule has 8 nitrogen and oxygen atoms in total. The van der Waals surface area contributed by atoms with Gasteiger partial charge in [-0.2, -0.15) is 5.10 Å². The molecule has 3 heterocycles. The molecule has 3 aromatic rings. The summed E-state index contributed by atoms with van der Waals surface area (Å²) >= 11 is 0. The molecule has 1 amide bonds. The van der Waals surface area contributed by atoms with Gasteiger partial charge in [0.25, 0.3) is 0 Å². The van der Waals surface area contributed by atoms with E-state index in [1.165, 1.54) is 12.5 Å². The molecule has 2 aliphatic heterocycles. The lowest BCUT2D eigenvalue weighted by Gasteiger charge is -2.38. The molecule has 1 saturated heterocycles. The van der Waals surface area contributed by atoms with Crippen molar-refractivity contribution in [2.75, 3.05) is 31.6 Å². The van der Waals surface area contributed by atoms with E-state index in [1.54, 1.807) is 6.20 Å². The third kappa shape index (κ3) is 4.42. The summed E-state index contributed by atoms with van der Waals surface area (Å²) in [7, 11) is 0. The minimum Gasteiger partial charge on any atom is -0.486 e. The number of rotatable bonds is 5. The zero-order chi connectivity index (χ0) is 22.1. The van der Waals surface area contributed by atoms with Crippen LogP contribution < -0.4 is 14.8 Å². The number of aromatic nitrogens is 2. The molecule has 8 heteroatoms. The van der Waals surface area contributed by atoms with Crippen LogP contribution in [0.15, 0.2) is 42.6 Å². The van der Waals surface area contributed by atoms with E-state index >= 15 is 0 Å². The number of nitrogens with one attached hydrogen (secondary N) is 1. The van der Waals surface area contributed by atoms with Crippen molar-refractivity contribution in [3.63, 3.8) is 0 Å². The van der Waals surface area contributed by atoms with E-state index in [9.17, 15) is 9.90 Å². The zero-order valence-electron chi connectivity index (χ0n) is 18.2. The molecular formula is C24H28N4O4. The highest BCUT2D eigenvalue weighted by molar-refractivity contribution is 5.92. The molecule has 1 fully saturated rings. The lowest BCUT2D eigenvalue weighted by Crippen LogP contribution is -2.46. The SMILES string of the molecule is CC(=O)Nc1ccc2c(cnn2CC2(O)CCN(Cc3ccc4c(c3)OCCO4)CC2)c1. The summed E-state index contributed by atoms with van der Waals surface area (Å²) in [6.45, 7) is 5.58. The Balaban J connectivity index is 1.21. The predicted molar refractivity (Wildman–Crippen MR) is 121 cm³/mol. The van der Waals surface area contributed by atoms with Gasteiger partial charge in [-0.1, -0.05) is 6.07 Å². The Hall–Kier alpha value is -3.10. The van der Waals surface area contributed by atoms with Crippen LogP contribution in [0.2, 0.25) is 0 Å². The first kappa shape index (κ1) is 20.8. The van der Waals surface area contributed by atoms with Gasteiger partial charge in [-0.3, -0.25) is 14.4 Å². The van der Waals surface area contributed by atoms with Crippen LogP contribution in [-0.4, -0.2) is 57.6 Å². The van der Waals surface area contributed by atoms with Gasteiger partial charge in [0.05, 0.1) is 23.9 Å². The average Bonchev–Trinajstić information content (AvgIpc) is 3.16. The number of carbonyl (C=O) groups is 1. The van der Waals surface area contributed by atoms with Crippen LogP contribution in [0.25, 0.3) is 10.9 Å². The number of carbonyl (C=O) groups excluding carboxylic acids is 1. The number of hydrogen-bond donors (Lipinski definition) is 2. The molecule has 5 rings (SSSR count). The average molecular weight is 437 g/mol. The van der Waals surface area contributed by atoms with E-state index in [0.29, 0.717) is 32.6 Å². The zero-order valence-corrected chi connectivity index (χ0v) is 18.2. The van der Waals surface area contributed by atoms with Crippen molar-refractivity contribution in [3.05, 3.63) is 48.2 Å². The lowest BCUT2D eigenvalue weighted by atomic mass is 9.91. The molecule has 0 unspecified atom stereocenters. The lowest BCUT2D eigenvalue weighted by molar-refractivity contribution is -0.114. The number of aliphatic hydroxyl groups is 1. The van der Waals surface area contributed by atoms with E-state index in [1.807, 2.05) is 28.9 Å². The van der Waals surface area contributed by atoms with Gasteiger partial charge in [-0.25, -0.2) is 0 Å². The third-order valence-corrected chi connectivity index (χ3v) is 6.21. The number of fused-ring (bicyclic) bond motifs is 2. The van der Waals surface area contributed by atoms with Gasteiger partial charge in [-0.15, -0.1) is 0 Å². The van der Waals surface area contributed by atoms with Crippen LogP contribution in [0.3, 0.4) is 0 Å². The molecule has 2 aromatic carbocycles. The van der Waals surface area contributed by atoms with Crippen molar-refractivity contribution in [2.24, 2.45) is 0 Å². The second-order valence-corrected chi connectivity index (χ2v) is 8.74. The Morgan fingerprint density at radius 2 is 1.91 bits per heavy atom.